The molecule has 0 aliphatic carbocycles. The summed E-state index contributed by atoms with van der Waals surface area (Å²) < 4.78 is 0. The minimum absolute atomic E-state index is 0.0320. The molecule has 3 heterocycles. The molecule has 0 saturated carbocycles. The number of aliphatic hydroxyl groups is 1. The van der Waals surface area contributed by atoms with E-state index in [1.54, 1.807) is 12.3 Å². The van der Waals surface area contributed by atoms with E-state index in [1.165, 1.54) is 11.1 Å². The Morgan fingerprint density at radius 2 is 1.72 bits per heavy atom. The molecular formula is C23H25N5O. The highest BCUT2D eigenvalue weighted by Crippen LogP contribution is 2.24. The number of hydrogen-bond acceptors (Lipinski definition) is 6. The molecule has 2 N–H and O–H groups in total. The van der Waals surface area contributed by atoms with Gasteiger partial charge in [-0.25, -0.2) is 9.97 Å². The van der Waals surface area contributed by atoms with Crippen molar-refractivity contribution in [3.63, 3.8) is 0 Å². The van der Waals surface area contributed by atoms with Crippen molar-refractivity contribution >= 4 is 11.6 Å². The van der Waals surface area contributed by atoms with Crippen LogP contribution in [0.5, 0.6) is 0 Å². The Bertz CT molecular complexity index is 947. The summed E-state index contributed by atoms with van der Waals surface area (Å²) in [6, 6.07) is 16.4. The summed E-state index contributed by atoms with van der Waals surface area (Å²) in [5, 5.41) is 12.2. The lowest BCUT2D eigenvalue weighted by Crippen LogP contribution is -2.27. The van der Waals surface area contributed by atoms with Gasteiger partial charge >= 0.3 is 0 Å². The van der Waals surface area contributed by atoms with Gasteiger partial charge in [-0.15, -0.1) is 0 Å². The third-order valence-corrected chi connectivity index (χ3v) is 5.02. The van der Waals surface area contributed by atoms with Crippen molar-refractivity contribution in [2.75, 3.05) is 36.5 Å². The van der Waals surface area contributed by atoms with Gasteiger partial charge in [0.15, 0.2) is 5.82 Å². The largest absolute Gasteiger partial charge is 0.392 e. The summed E-state index contributed by atoms with van der Waals surface area (Å²) in [5.74, 6) is 2.26. The zero-order valence-corrected chi connectivity index (χ0v) is 16.3. The second-order valence-corrected chi connectivity index (χ2v) is 6.94. The predicted octanol–water partition coefficient (Wildman–Crippen LogP) is 3.10. The van der Waals surface area contributed by atoms with Crippen molar-refractivity contribution in [2.24, 2.45) is 0 Å². The molecule has 0 bridgehead atoms. The number of aromatic nitrogens is 3. The Labute approximate surface area is 171 Å². The molecule has 29 heavy (non-hydrogen) atoms. The molecule has 2 aromatic heterocycles. The summed E-state index contributed by atoms with van der Waals surface area (Å²) in [6.07, 6.45) is 7.35. The van der Waals surface area contributed by atoms with Crippen LogP contribution in [0.2, 0.25) is 0 Å². The number of nitrogens with one attached hydrogen (secondary N) is 1. The number of rotatable bonds is 6. The minimum Gasteiger partial charge on any atom is -0.392 e. The zero-order chi connectivity index (χ0) is 19.9. The molecule has 4 rings (SSSR count). The number of pyridine rings is 1. The Morgan fingerprint density at radius 1 is 0.966 bits per heavy atom. The van der Waals surface area contributed by atoms with Crippen molar-refractivity contribution < 1.29 is 5.11 Å². The first-order chi connectivity index (χ1) is 14.3. The fourth-order valence-electron chi connectivity index (χ4n) is 3.51. The minimum atomic E-state index is 0.0320. The maximum atomic E-state index is 8.92. The molecule has 1 aliphatic heterocycles. The molecule has 0 unspecified atom stereocenters. The van der Waals surface area contributed by atoms with Gasteiger partial charge < -0.3 is 15.3 Å². The summed E-state index contributed by atoms with van der Waals surface area (Å²) in [5.41, 5.74) is 3.59. The number of aliphatic hydroxyl groups excluding tert-OH is 1. The van der Waals surface area contributed by atoms with E-state index in [2.05, 4.69) is 44.5 Å². The fourth-order valence-corrected chi connectivity index (χ4v) is 3.51. The van der Waals surface area contributed by atoms with Crippen LogP contribution < -0.4 is 10.2 Å². The monoisotopic (exact) mass is 387 g/mol. The average Bonchev–Trinajstić information content (AvgIpc) is 3.00. The van der Waals surface area contributed by atoms with Gasteiger partial charge in [-0.05, 0) is 36.1 Å². The van der Waals surface area contributed by atoms with Crippen LogP contribution in [0.4, 0.5) is 11.6 Å². The number of nitrogens with zero attached hydrogens (tertiary/aromatic N) is 4. The molecule has 148 valence electrons. The van der Waals surface area contributed by atoms with Crippen LogP contribution in [0.15, 0.2) is 66.9 Å². The molecule has 3 aromatic rings. The molecule has 1 aromatic carbocycles. The normalized spacial score (nSPS) is 13.9. The second kappa shape index (κ2) is 9.30. The molecule has 6 nitrogen and oxygen atoms in total. The first-order valence-corrected chi connectivity index (χ1v) is 9.95. The summed E-state index contributed by atoms with van der Waals surface area (Å²) >= 11 is 0. The zero-order valence-electron chi connectivity index (χ0n) is 16.3. The van der Waals surface area contributed by atoms with Gasteiger partial charge in [-0.2, -0.15) is 0 Å². The van der Waals surface area contributed by atoms with Gasteiger partial charge in [0.2, 0.25) is 0 Å². The van der Waals surface area contributed by atoms with Crippen LogP contribution in [0, 0.1) is 0 Å². The van der Waals surface area contributed by atoms with Crippen molar-refractivity contribution in [3.8, 4) is 11.5 Å². The van der Waals surface area contributed by atoms with Crippen LogP contribution in [-0.2, 0) is 12.8 Å². The van der Waals surface area contributed by atoms with Crippen molar-refractivity contribution in [2.45, 2.75) is 12.8 Å². The topological polar surface area (TPSA) is 74.2 Å². The first-order valence-electron chi connectivity index (χ1n) is 9.95. The summed E-state index contributed by atoms with van der Waals surface area (Å²) in [7, 11) is 0. The van der Waals surface area contributed by atoms with Gasteiger partial charge in [0.25, 0.3) is 0 Å². The Kier molecular flexibility index (Phi) is 6.12. The van der Waals surface area contributed by atoms with E-state index in [-0.39, 0.29) is 6.61 Å². The van der Waals surface area contributed by atoms with Crippen LogP contribution in [-0.4, -0.2) is 46.3 Å². The van der Waals surface area contributed by atoms with E-state index < -0.39 is 0 Å². The molecule has 0 spiro atoms. The third-order valence-electron chi connectivity index (χ3n) is 5.02. The van der Waals surface area contributed by atoms with Crippen LogP contribution in [0.25, 0.3) is 11.5 Å². The predicted molar refractivity (Wildman–Crippen MR) is 116 cm³/mol. The quantitative estimate of drug-likeness (QED) is 0.633. The molecular weight excluding hydrogens is 362 g/mol. The highest BCUT2D eigenvalue weighted by molar-refractivity contribution is 5.59. The number of anilines is 2. The van der Waals surface area contributed by atoms with E-state index in [9.17, 15) is 0 Å². The average molecular weight is 387 g/mol. The van der Waals surface area contributed by atoms with Crippen LogP contribution in [0.1, 0.15) is 11.1 Å². The van der Waals surface area contributed by atoms with Gasteiger partial charge in [-0.1, -0.05) is 42.5 Å². The molecule has 0 fully saturated rings. The van der Waals surface area contributed by atoms with E-state index in [1.807, 2.05) is 30.3 Å². The molecule has 0 amide bonds. The molecule has 0 atom stereocenters. The van der Waals surface area contributed by atoms with Crippen molar-refractivity contribution in [1.82, 2.24) is 15.0 Å². The number of hydrogen-bond donors (Lipinski definition) is 2. The number of fused-ring (bicyclic) bond motifs is 1. The lowest BCUT2D eigenvalue weighted by Gasteiger charge is -2.22. The molecule has 0 saturated heterocycles. The van der Waals surface area contributed by atoms with Gasteiger partial charge in [0, 0.05) is 31.9 Å². The fraction of sp³-hybridized carbons (Fsp3) is 0.261. The highest BCUT2D eigenvalue weighted by atomic mass is 16.2. The lowest BCUT2D eigenvalue weighted by atomic mass is 10.0. The van der Waals surface area contributed by atoms with E-state index in [0.717, 1.165) is 43.3 Å². The summed E-state index contributed by atoms with van der Waals surface area (Å²) in [6.45, 7) is 2.45. The van der Waals surface area contributed by atoms with E-state index >= 15 is 0 Å². The standard InChI is InChI=1S/C23H25N5O/c29-16-6-5-13-25-21-17-22(27-23(26-21)20-9-3-4-12-24-20)28-14-10-18-7-1-2-8-19(18)11-15-28/h1-9,12,17,29H,10-11,13-16H2,(H,25,26,27)/b6-5+. The van der Waals surface area contributed by atoms with Gasteiger partial charge in [-0.3, -0.25) is 4.98 Å². The molecule has 1 aliphatic rings. The SMILES string of the molecule is OC/C=C/CNc1cc(N2CCc3ccccc3CC2)nc(-c2ccccn2)n1. The summed E-state index contributed by atoms with van der Waals surface area (Å²) in [4.78, 5) is 16.2. The van der Waals surface area contributed by atoms with Gasteiger partial charge in [0.05, 0.1) is 6.61 Å². The van der Waals surface area contributed by atoms with Crippen molar-refractivity contribution in [3.05, 3.63) is 78.0 Å². The van der Waals surface area contributed by atoms with Crippen molar-refractivity contribution in [1.29, 1.82) is 0 Å². The third kappa shape index (κ3) is 4.78. The van der Waals surface area contributed by atoms with E-state index in [0.29, 0.717) is 12.4 Å². The van der Waals surface area contributed by atoms with Crippen LogP contribution in [0.3, 0.4) is 0 Å². The maximum Gasteiger partial charge on any atom is 0.182 e. The van der Waals surface area contributed by atoms with Crippen LogP contribution >= 0.6 is 0 Å². The smallest absolute Gasteiger partial charge is 0.182 e. The van der Waals surface area contributed by atoms with Gasteiger partial charge in [0.1, 0.15) is 17.3 Å². The maximum absolute atomic E-state index is 8.92. The number of benzene rings is 1. The second-order valence-electron chi connectivity index (χ2n) is 6.94. The Hall–Kier alpha value is -3.25. The Balaban J connectivity index is 1.62. The Morgan fingerprint density at radius 3 is 2.41 bits per heavy atom. The highest BCUT2D eigenvalue weighted by Gasteiger charge is 2.17. The lowest BCUT2D eigenvalue weighted by molar-refractivity contribution is 0.342. The van der Waals surface area contributed by atoms with E-state index in [4.69, 9.17) is 10.1 Å². The molecule has 6 heteroatoms. The molecule has 0 radical (unpaired) electrons. The first kappa shape index (κ1) is 19.1.